The Labute approximate surface area is 433 Å². The zero-order valence-corrected chi connectivity index (χ0v) is 41.4. The summed E-state index contributed by atoms with van der Waals surface area (Å²) in [6.07, 6.45) is 4.96. The van der Waals surface area contributed by atoms with Crippen molar-refractivity contribution in [2.24, 2.45) is 0 Å². The molecule has 0 atom stereocenters. The summed E-state index contributed by atoms with van der Waals surface area (Å²) in [6, 6.07) is 71.4. The number of benzene rings is 8. The van der Waals surface area contributed by atoms with E-state index in [9.17, 15) is 39.6 Å². The summed E-state index contributed by atoms with van der Waals surface area (Å²) in [7, 11) is 0. The molecule has 0 spiro atoms. The van der Waals surface area contributed by atoms with Crippen LogP contribution in [0.2, 0.25) is 0 Å². The largest absolute Gasteiger partial charge is 0.507 e. The van der Waals surface area contributed by atoms with Crippen molar-refractivity contribution in [2.45, 2.75) is 0 Å². The van der Waals surface area contributed by atoms with E-state index in [1.807, 2.05) is 97.1 Å². The summed E-state index contributed by atoms with van der Waals surface area (Å²) in [5.74, 6) is -0.865. The number of aliphatic hydroxyl groups is 4. The van der Waals surface area contributed by atoms with E-state index < -0.39 is 0 Å². The second kappa shape index (κ2) is 29.5. The van der Waals surface area contributed by atoms with Gasteiger partial charge in [0.25, 0.3) is 0 Å². The van der Waals surface area contributed by atoms with Crippen LogP contribution in [0, 0.1) is 39.9 Å². The number of carbonyl (C=O) groups is 4. The smallest absolute Gasteiger partial charge is 0.189 e. The van der Waals surface area contributed by atoms with E-state index in [0.29, 0.717) is 44.5 Å². The first-order valence-electron chi connectivity index (χ1n) is 21.3. The van der Waals surface area contributed by atoms with Gasteiger partial charge >= 0.3 is 0 Å². The van der Waals surface area contributed by atoms with Gasteiger partial charge < -0.3 is 20.4 Å². The average molecular weight is 1130 g/mol. The number of hydrogen-bond acceptors (Lipinski definition) is 8. The molecule has 0 unspecified atom stereocenters. The zero-order valence-electron chi connectivity index (χ0n) is 37.3. The van der Waals surface area contributed by atoms with Gasteiger partial charge in [0, 0.05) is 109 Å². The molecule has 8 rings (SSSR count). The number of carbonyl (C=O) groups excluding carboxylic acids is 4. The first-order valence-corrected chi connectivity index (χ1v) is 21.3. The SMILES string of the molecule is O=C(/C=C(\O)c1ccccc1)c1ccccc1.O=C(/C=C(\O)c1ccccc1)c1ccccc1.O=C(/C=C(\O)c1ccccc1)c1ccccc1.O=C(/C=C(\O)c1ccccc1)c1ccccc1.[Th]. The third-order valence-corrected chi connectivity index (χ3v) is 9.58. The maximum Gasteiger partial charge on any atom is 0.189 e. The van der Waals surface area contributed by atoms with E-state index >= 15 is 0 Å². The molecule has 0 aromatic heterocycles. The summed E-state index contributed by atoms with van der Waals surface area (Å²) in [6.45, 7) is 0. The fraction of sp³-hybridized carbons (Fsp3) is 0. The van der Waals surface area contributed by atoms with E-state index in [-0.39, 0.29) is 86.1 Å². The molecule has 8 aromatic carbocycles. The van der Waals surface area contributed by atoms with Crippen LogP contribution in [-0.2, 0) is 0 Å². The Morgan fingerprint density at radius 2 is 0.333 bits per heavy atom. The van der Waals surface area contributed by atoms with Crippen LogP contribution >= 0.6 is 0 Å². The molecule has 8 nitrogen and oxygen atoms in total. The van der Waals surface area contributed by atoms with Gasteiger partial charge in [0.1, 0.15) is 23.0 Å². The molecular formula is C60H48O8Th. The van der Waals surface area contributed by atoms with Crippen molar-refractivity contribution in [1.29, 1.82) is 0 Å². The van der Waals surface area contributed by atoms with Crippen LogP contribution in [0.3, 0.4) is 0 Å². The van der Waals surface area contributed by atoms with Crippen LogP contribution in [0.25, 0.3) is 23.0 Å². The van der Waals surface area contributed by atoms with Crippen LogP contribution in [0.1, 0.15) is 63.7 Å². The quantitative estimate of drug-likeness (QED) is 0.0537. The predicted octanol–water partition coefficient (Wildman–Crippen LogP) is 13.9. The molecule has 0 heterocycles. The number of hydrogen-bond donors (Lipinski definition) is 4. The standard InChI is InChI=1S/4C15H12O2.Th/c4*16-14(12-7-3-1-4-8-12)11-15(17)13-9-5-2-6-10-13;/h4*1-11,16H;/b4*14-11-;. The van der Waals surface area contributed by atoms with Crippen molar-refractivity contribution in [3.8, 4) is 0 Å². The third kappa shape index (κ3) is 18.6. The van der Waals surface area contributed by atoms with E-state index in [0.717, 1.165) is 0 Å². The molecule has 0 saturated heterocycles. The van der Waals surface area contributed by atoms with Crippen molar-refractivity contribution in [3.05, 3.63) is 311 Å². The van der Waals surface area contributed by atoms with E-state index in [4.69, 9.17) is 0 Å². The van der Waals surface area contributed by atoms with Crippen LogP contribution in [0.15, 0.2) is 267 Å². The minimum absolute atomic E-state index is 0. The second-order valence-corrected chi connectivity index (χ2v) is 14.5. The van der Waals surface area contributed by atoms with Crippen LogP contribution in [-0.4, -0.2) is 43.6 Å². The summed E-state index contributed by atoms with van der Waals surface area (Å²) < 4.78 is 0. The summed E-state index contributed by atoms with van der Waals surface area (Å²) in [4.78, 5) is 47.2. The fourth-order valence-electron chi connectivity index (χ4n) is 6.01. The van der Waals surface area contributed by atoms with Crippen LogP contribution in [0.5, 0.6) is 0 Å². The Morgan fingerprint density at radius 1 is 0.217 bits per heavy atom. The summed E-state index contributed by atoms with van der Waals surface area (Å²) in [5.41, 5.74) is 4.80. The molecule has 0 bridgehead atoms. The Balaban J connectivity index is 0.000000199. The minimum atomic E-state index is -0.202. The Bertz CT molecular complexity index is 2530. The number of allylic oxidation sites excluding steroid dienone is 4. The summed E-state index contributed by atoms with van der Waals surface area (Å²) >= 11 is 0. The van der Waals surface area contributed by atoms with E-state index in [2.05, 4.69) is 0 Å². The average Bonchev–Trinajstić information content (AvgIpc) is 3.41. The van der Waals surface area contributed by atoms with Crippen LogP contribution < -0.4 is 0 Å². The molecule has 0 saturated carbocycles. The van der Waals surface area contributed by atoms with Gasteiger partial charge in [-0.15, -0.1) is 0 Å². The molecule has 9 heteroatoms. The molecule has 4 N–H and O–H groups in total. The van der Waals surface area contributed by atoms with Gasteiger partial charge in [-0.05, 0) is 0 Å². The van der Waals surface area contributed by atoms with Crippen molar-refractivity contribution < 1.29 is 79.5 Å². The molecule has 340 valence electrons. The molecule has 0 fully saturated rings. The fourth-order valence-corrected chi connectivity index (χ4v) is 6.01. The number of rotatable bonds is 12. The van der Waals surface area contributed by atoms with Gasteiger partial charge in [0.05, 0.1) is 0 Å². The van der Waals surface area contributed by atoms with Gasteiger partial charge in [-0.3, -0.25) is 19.2 Å². The molecule has 69 heavy (non-hydrogen) atoms. The Hall–Kier alpha value is -8.08. The van der Waals surface area contributed by atoms with Gasteiger partial charge in [-0.25, -0.2) is 0 Å². The van der Waals surface area contributed by atoms with E-state index in [1.165, 1.54) is 24.3 Å². The molecule has 0 amide bonds. The molecule has 0 aliphatic heterocycles. The molecule has 0 radical (unpaired) electrons. The Kier molecular flexibility index (Phi) is 22.9. The first-order chi connectivity index (χ1) is 33.1. The van der Waals surface area contributed by atoms with Crippen molar-refractivity contribution >= 4 is 46.2 Å². The number of aliphatic hydroxyl groups excluding tert-OH is 4. The van der Waals surface area contributed by atoms with Gasteiger partial charge in [-0.2, -0.15) is 0 Å². The predicted molar refractivity (Wildman–Crippen MR) is 271 cm³/mol. The Morgan fingerprint density at radius 3 is 0.464 bits per heavy atom. The molecule has 8 aromatic rings. The first kappa shape index (κ1) is 53.5. The van der Waals surface area contributed by atoms with Gasteiger partial charge in [0.15, 0.2) is 23.1 Å². The summed E-state index contributed by atoms with van der Waals surface area (Å²) in [5, 5.41) is 39.2. The number of ketones is 4. The van der Waals surface area contributed by atoms with Crippen LogP contribution in [0.4, 0.5) is 0 Å². The third-order valence-electron chi connectivity index (χ3n) is 9.58. The topological polar surface area (TPSA) is 149 Å². The second-order valence-electron chi connectivity index (χ2n) is 14.5. The monoisotopic (exact) mass is 1130 g/mol. The normalized spacial score (nSPS) is 11.0. The minimum Gasteiger partial charge on any atom is -0.507 e. The molecular weight excluding hydrogens is 1080 g/mol. The zero-order chi connectivity index (χ0) is 48.4. The van der Waals surface area contributed by atoms with Crippen molar-refractivity contribution in [2.75, 3.05) is 0 Å². The van der Waals surface area contributed by atoms with E-state index in [1.54, 1.807) is 146 Å². The molecule has 0 aliphatic carbocycles. The molecule has 0 aliphatic rings. The van der Waals surface area contributed by atoms with Gasteiger partial charge in [0.2, 0.25) is 0 Å². The van der Waals surface area contributed by atoms with Gasteiger partial charge in [-0.1, -0.05) is 243 Å². The maximum atomic E-state index is 11.8. The van der Waals surface area contributed by atoms with Crippen molar-refractivity contribution in [1.82, 2.24) is 0 Å². The van der Waals surface area contributed by atoms with Crippen molar-refractivity contribution in [3.63, 3.8) is 0 Å². The maximum absolute atomic E-state index is 11.8.